The molecule has 0 radical (unpaired) electrons. The van der Waals surface area contributed by atoms with E-state index in [0.29, 0.717) is 6.42 Å². The highest BCUT2D eigenvalue weighted by atomic mass is 16.4. The zero-order chi connectivity index (χ0) is 17.7. The maximum absolute atomic E-state index is 10.4. The van der Waals surface area contributed by atoms with E-state index in [1.165, 1.54) is 96.3 Å². The number of carbonyl (C=O) groups is 1. The van der Waals surface area contributed by atoms with Gasteiger partial charge < -0.3 is 5.11 Å². The van der Waals surface area contributed by atoms with Crippen molar-refractivity contribution in [2.24, 2.45) is 0 Å². The Morgan fingerprint density at radius 1 is 0.625 bits per heavy atom. The van der Waals surface area contributed by atoms with Crippen LogP contribution >= 0.6 is 0 Å². The van der Waals surface area contributed by atoms with Crippen molar-refractivity contribution < 1.29 is 9.90 Å². The van der Waals surface area contributed by atoms with Crippen LogP contribution in [0.5, 0.6) is 0 Å². The van der Waals surface area contributed by atoms with Gasteiger partial charge in [-0.3, -0.25) is 4.79 Å². The summed E-state index contributed by atoms with van der Waals surface area (Å²) < 4.78 is 0. The Bertz CT molecular complexity index is 284. The van der Waals surface area contributed by atoms with Crippen molar-refractivity contribution in [2.75, 3.05) is 0 Å². The molecule has 0 aliphatic rings. The largest absolute Gasteiger partial charge is 0.481 e. The Labute approximate surface area is 151 Å². The van der Waals surface area contributed by atoms with Gasteiger partial charge in [-0.15, -0.1) is 0 Å². The molecule has 24 heavy (non-hydrogen) atoms. The molecule has 0 atom stereocenters. The van der Waals surface area contributed by atoms with E-state index < -0.39 is 5.97 Å². The van der Waals surface area contributed by atoms with Crippen molar-refractivity contribution >= 4 is 5.97 Å². The molecule has 0 saturated heterocycles. The van der Waals surface area contributed by atoms with Crippen molar-refractivity contribution in [1.82, 2.24) is 0 Å². The van der Waals surface area contributed by atoms with Crippen LogP contribution in [-0.4, -0.2) is 11.1 Å². The van der Waals surface area contributed by atoms with Crippen LogP contribution in [0.4, 0.5) is 0 Å². The van der Waals surface area contributed by atoms with Gasteiger partial charge in [0.05, 0.1) is 0 Å². The van der Waals surface area contributed by atoms with E-state index in [-0.39, 0.29) is 0 Å². The van der Waals surface area contributed by atoms with Crippen molar-refractivity contribution in [3.05, 3.63) is 12.2 Å². The minimum Gasteiger partial charge on any atom is -0.481 e. The lowest BCUT2D eigenvalue weighted by atomic mass is 10.1. The molecule has 2 heteroatoms. The van der Waals surface area contributed by atoms with Crippen LogP contribution in [-0.2, 0) is 4.79 Å². The first-order valence-corrected chi connectivity index (χ1v) is 10.6. The zero-order valence-corrected chi connectivity index (χ0v) is 16.2. The summed E-state index contributed by atoms with van der Waals surface area (Å²) in [6, 6.07) is 0. The highest BCUT2D eigenvalue weighted by molar-refractivity contribution is 5.66. The lowest BCUT2D eigenvalue weighted by Crippen LogP contribution is -1.93. The zero-order valence-electron chi connectivity index (χ0n) is 16.2. The summed E-state index contributed by atoms with van der Waals surface area (Å²) in [5.41, 5.74) is 0. The van der Waals surface area contributed by atoms with Crippen LogP contribution in [0.25, 0.3) is 0 Å². The molecule has 0 aromatic heterocycles. The van der Waals surface area contributed by atoms with Gasteiger partial charge >= 0.3 is 5.97 Å². The minimum absolute atomic E-state index is 0.338. The molecule has 0 amide bonds. The smallest absolute Gasteiger partial charge is 0.303 e. The summed E-state index contributed by atoms with van der Waals surface area (Å²) in [6.45, 7) is 2.27. The third-order valence-corrected chi connectivity index (χ3v) is 4.65. The molecule has 0 heterocycles. The van der Waals surface area contributed by atoms with Crippen molar-refractivity contribution in [1.29, 1.82) is 0 Å². The molecule has 1 N–H and O–H groups in total. The van der Waals surface area contributed by atoms with E-state index in [4.69, 9.17) is 5.11 Å². The maximum Gasteiger partial charge on any atom is 0.303 e. The quantitative estimate of drug-likeness (QED) is 0.194. The van der Waals surface area contributed by atoms with Gasteiger partial charge in [0.15, 0.2) is 0 Å². The number of aliphatic carboxylic acids is 1. The summed E-state index contributed by atoms with van der Waals surface area (Å²) in [5.74, 6) is -0.657. The third kappa shape index (κ3) is 21.2. The first-order chi connectivity index (χ1) is 11.8. The molecular weight excluding hydrogens is 296 g/mol. The van der Waals surface area contributed by atoms with E-state index >= 15 is 0 Å². The fourth-order valence-electron chi connectivity index (χ4n) is 3.05. The molecule has 0 unspecified atom stereocenters. The molecule has 0 saturated carbocycles. The average molecular weight is 339 g/mol. The first-order valence-electron chi connectivity index (χ1n) is 10.6. The van der Waals surface area contributed by atoms with Gasteiger partial charge in [0, 0.05) is 6.42 Å². The van der Waals surface area contributed by atoms with Crippen LogP contribution in [0.2, 0.25) is 0 Å². The lowest BCUT2D eigenvalue weighted by molar-refractivity contribution is -0.137. The Balaban J connectivity index is 3.07. The maximum atomic E-state index is 10.4. The van der Waals surface area contributed by atoms with Crippen molar-refractivity contribution in [3.8, 4) is 0 Å². The number of hydrogen-bond donors (Lipinski definition) is 1. The Hall–Kier alpha value is -0.790. The van der Waals surface area contributed by atoms with Crippen molar-refractivity contribution in [3.63, 3.8) is 0 Å². The van der Waals surface area contributed by atoms with Crippen LogP contribution in [0.15, 0.2) is 12.2 Å². The van der Waals surface area contributed by atoms with Crippen molar-refractivity contribution in [2.45, 2.75) is 122 Å². The minimum atomic E-state index is -0.657. The Morgan fingerprint density at radius 2 is 1.00 bits per heavy atom. The predicted molar refractivity (Wildman–Crippen MR) is 106 cm³/mol. The normalized spacial score (nSPS) is 11.4. The van der Waals surface area contributed by atoms with E-state index in [2.05, 4.69) is 19.1 Å². The third-order valence-electron chi connectivity index (χ3n) is 4.65. The van der Waals surface area contributed by atoms with Gasteiger partial charge in [0.1, 0.15) is 0 Å². The standard InChI is InChI=1S/C22H42O2/c1-2-3-4-5-6-7-8-9-10-11-12-13-14-15-16-17-18-19-20-21-22(23)24/h10-11H,2-9,12-21H2,1H3,(H,23,24)/b11-10-. The van der Waals surface area contributed by atoms with E-state index in [1.807, 2.05) is 0 Å². The second-order valence-corrected chi connectivity index (χ2v) is 7.14. The second-order valence-electron chi connectivity index (χ2n) is 7.14. The fourth-order valence-corrected chi connectivity index (χ4v) is 3.05. The van der Waals surface area contributed by atoms with Crippen LogP contribution in [0, 0.1) is 0 Å². The predicted octanol–water partition coefficient (Wildman–Crippen LogP) is 7.67. The topological polar surface area (TPSA) is 37.3 Å². The number of unbranched alkanes of at least 4 members (excludes halogenated alkanes) is 15. The molecule has 0 aromatic rings. The fraction of sp³-hybridized carbons (Fsp3) is 0.864. The summed E-state index contributed by atoms with van der Waals surface area (Å²) in [7, 11) is 0. The number of carboxylic acid groups (broad SMARTS) is 1. The molecule has 0 aliphatic heterocycles. The second kappa shape index (κ2) is 20.3. The monoisotopic (exact) mass is 338 g/mol. The summed E-state index contributed by atoms with van der Waals surface area (Å²) in [6.07, 6.45) is 27.1. The summed E-state index contributed by atoms with van der Waals surface area (Å²) in [4.78, 5) is 10.4. The van der Waals surface area contributed by atoms with E-state index in [1.54, 1.807) is 0 Å². The van der Waals surface area contributed by atoms with Gasteiger partial charge in [-0.25, -0.2) is 0 Å². The number of hydrogen-bond acceptors (Lipinski definition) is 1. The molecule has 142 valence electrons. The average Bonchev–Trinajstić information content (AvgIpc) is 2.56. The highest BCUT2D eigenvalue weighted by Gasteiger charge is 1.96. The molecule has 0 fully saturated rings. The number of carboxylic acids is 1. The van der Waals surface area contributed by atoms with E-state index in [9.17, 15) is 4.79 Å². The summed E-state index contributed by atoms with van der Waals surface area (Å²) >= 11 is 0. The number of rotatable bonds is 19. The van der Waals surface area contributed by atoms with Gasteiger partial charge in [-0.1, -0.05) is 96.1 Å². The molecule has 0 bridgehead atoms. The van der Waals surface area contributed by atoms with Gasteiger partial charge in [0.2, 0.25) is 0 Å². The molecule has 2 nitrogen and oxygen atoms in total. The Kier molecular flexibility index (Phi) is 19.6. The lowest BCUT2D eigenvalue weighted by Gasteiger charge is -2.01. The van der Waals surface area contributed by atoms with Gasteiger partial charge in [-0.2, -0.15) is 0 Å². The molecule has 0 rings (SSSR count). The van der Waals surface area contributed by atoms with Gasteiger partial charge in [-0.05, 0) is 32.1 Å². The molecular formula is C22H42O2. The van der Waals surface area contributed by atoms with Gasteiger partial charge in [0.25, 0.3) is 0 Å². The molecule has 0 aromatic carbocycles. The Morgan fingerprint density at radius 3 is 1.42 bits per heavy atom. The number of allylic oxidation sites excluding steroid dienone is 2. The van der Waals surface area contributed by atoms with Crippen LogP contribution in [0.1, 0.15) is 122 Å². The SMILES string of the molecule is CCCCCCCCC/C=C\CCCCCCCCCCC(=O)O. The van der Waals surface area contributed by atoms with E-state index in [0.717, 1.165) is 12.8 Å². The van der Waals surface area contributed by atoms with Crippen LogP contribution < -0.4 is 0 Å². The highest BCUT2D eigenvalue weighted by Crippen LogP contribution is 2.12. The molecule has 0 aliphatic carbocycles. The first kappa shape index (κ1) is 23.2. The van der Waals surface area contributed by atoms with Crippen LogP contribution in [0.3, 0.4) is 0 Å². The molecule has 0 spiro atoms. The summed E-state index contributed by atoms with van der Waals surface area (Å²) in [5, 5.41) is 8.55.